The summed E-state index contributed by atoms with van der Waals surface area (Å²) in [7, 11) is 0. The maximum absolute atomic E-state index is 12.7. The van der Waals surface area contributed by atoms with Gasteiger partial charge in [-0.2, -0.15) is 0 Å². The van der Waals surface area contributed by atoms with Crippen LogP contribution in [-0.4, -0.2) is 92.7 Å². The average Bonchev–Trinajstić information content (AvgIpc) is 3.32. The molecule has 3 saturated heterocycles. The molecule has 1 amide bonds. The van der Waals surface area contributed by atoms with E-state index in [1.165, 1.54) is 32.2 Å². The zero-order valence-electron chi connectivity index (χ0n) is 18.6. The first-order chi connectivity index (χ1) is 15.2. The minimum absolute atomic E-state index is 0.128. The smallest absolute Gasteiger partial charge is 0.234 e. The van der Waals surface area contributed by atoms with Gasteiger partial charge in [0.1, 0.15) is 0 Å². The molecule has 3 aliphatic heterocycles. The second kappa shape index (κ2) is 11.6. The van der Waals surface area contributed by atoms with Crippen molar-refractivity contribution in [3.63, 3.8) is 0 Å². The summed E-state index contributed by atoms with van der Waals surface area (Å²) < 4.78 is 5.45. The quantitative estimate of drug-likeness (QED) is 0.662. The van der Waals surface area contributed by atoms with Crippen LogP contribution in [0.2, 0.25) is 5.02 Å². The fourth-order valence-electron chi connectivity index (χ4n) is 5.18. The summed E-state index contributed by atoms with van der Waals surface area (Å²) in [4.78, 5) is 20.0. The summed E-state index contributed by atoms with van der Waals surface area (Å²) in [6.45, 7) is 10.3. The normalized spacial score (nSPS) is 23.1. The molecular formula is C24H37ClN4O2. The summed E-state index contributed by atoms with van der Waals surface area (Å²) >= 11 is 6.49. The Kier molecular flexibility index (Phi) is 8.62. The summed E-state index contributed by atoms with van der Waals surface area (Å²) in [5, 5.41) is 3.99. The second-order valence-electron chi connectivity index (χ2n) is 9.22. The number of carbonyl (C=O) groups excluding carboxylic acids is 1. The summed E-state index contributed by atoms with van der Waals surface area (Å²) in [6.07, 6.45) is 4.80. The number of rotatable bonds is 8. The Morgan fingerprint density at radius 2 is 1.74 bits per heavy atom. The molecule has 31 heavy (non-hydrogen) atoms. The van der Waals surface area contributed by atoms with Crippen LogP contribution in [0.4, 0.5) is 0 Å². The Hall–Kier alpha value is -1.18. The lowest BCUT2D eigenvalue weighted by molar-refractivity contribution is -0.122. The summed E-state index contributed by atoms with van der Waals surface area (Å²) in [5.41, 5.74) is 1.12. The lowest BCUT2D eigenvalue weighted by Gasteiger charge is -2.36. The molecule has 0 radical (unpaired) electrons. The number of benzene rings is 1. The highest BCUT2D eigenvalue weighted by Gasteiger charge is 2.27. The van der Waals surface area contributed by atoms with Crippen molar-refractivity contribution in [2.24, 2.45) is 5.92 Å². The van der Waals surface area contributed by atoms with E-state index < -0.39 is 0 Å². The highest BCUT2D eigenvalue weighted by Crippen LogP contribution is 2.29. The first kappa shape index (κ1) is 23.0. The highest BCUT2D eigenvalue weighted by atomic mass is 35.5. The van der Waals surface area contributed by atoms with E-state index in [9.17, 15) is 4.79 Å². The summed E-state index contributed by atoms with van der Waals surface area (Å²) in [6, 6.07) is 8.19. The maximum Gasteiger partial charge on any atom is 0.234 e. The van der Waals surface area contributed by atoms with Crippen LogP contribution >= 0.6 is 11.6 Å². The molecule has 0 unspecified atom stereocenters. The van der Waals surface area contributed by atoms with Crippen LogP contribution in [0.15, 0.2) is 24.3 Å². The number of likely N-dealkylation sites (tertiary alicyclic amines) is 2. The van der Waals surface area contributed by atoms with Crippen LogP contribution in [0.5, 0.6) is 0 Å². The lowest BCUT2D eigenvalue weighted by Crippen LogP contribution is -2.46. The van der Waals surface area contributed by atoms with E-state index in [4.69, 9.17) is 16.3 Å². The van der Waals surface area contributed by atoms with Crippen molar-refractivity contribution in [1.82, 2.24) is 20.0 Å². The van der Waals surface area contributed by atoms with E-state index in [1.54, 1.807) is 0 Å². The van der Waals surface area contributed by atoms with E-state index >= 15 is 0 Å². The number of morpholine rings is 1. The van der Waals surface area contributed by atoms with Gasteiger partial charge in [0.05, 0.1) is 25.8 Å². The second-order valence-corrected chi connectivity index (χ2v) is 9.62. The zero-order valence-corrected chi connectivity index (χ0v) is 19.4. The van der Waals surface area contributed by atoms with Gasteiger partial charge in [0.25, 0.3) is 0 Å². The summed E-state index contributed by atoms with van der Waals surface area (Å²) in [5.74, 6) is 0.875. The van der Waals surface area contributed by atoms with E-state index in [0.29, 0.717) is 13.1 Å². The number of piperidine rings is 1. The third-order valence-electron chi connectivity index (χ3n) is 7.03. The molecule has 3 aliphatic rings. The first-order valence-electron chi connectivity index (χ1n) is 12.0. The van der Waals surface area contributed by atoms with Crippen LogP contribution in [0.25, 0.3) is 0 Å². The molecule has 0 spiro atoms. The third-order valence-corrected chi connectivity index (χ3v) is 7.38. The number of halogens is 1. The van der Waals surface area contributed by atoms with E-state index in [-0.39, 0.29) is 11.9 Å². The van der Waals surface area contributed by atoms with Crippen LogP contribution < -0.4 is 5.32 Å². The number of hydrogen-bond acceptors (Lipinski definition) is 5. The van der Waals surface area contributed by atoms with Crippen molar-refractivity contribution >= 4 is 17.5 Å². The molecule has 172 valence electrons. The number of hydrogen-bond donors (Lipinski definition) is 1. The highest BCUT2D eigenvalue weighted by molar-refractivity contribution is 6.31. The minimum atomic E-state index is 0.128. The molecular weight excluding hydrogens is 412 g/mol. The monoisotopic (exact) mass is 448 g/mol. The maximum atomic E-state index is 12.7. The van der Waals surface area contributed by atoms with Crippen molar-refractivity contribution in [2.45, 2.75) is 31.7 Å². The minimum Gasteiger partial charge on any atom is -0.379 e. The van der Waals surface area contributed by atoms with Gasteiger partial charge in [0, 0.05) is 31.2 Å². The molecule has 1 aromatic rings. The Labute approximate surface area is 191 Å². The molecule has 6 nitrogen and oxygen atoms in total. The van der Waals surface area contributed by atoms with Gasteiger partial charge in [0.15, 0.2) is 0 Å². The zero-order chi connectivity index (χ0) is 21.5. The van der Waals surface area contributed by atoms with E-state index in [0.717, 1.165) is 69.0 Å². The van der Waals surface area contributed by atoms with Gasteiger partial charge in [-0.15, -0.1) is 0 Å². The Morgan fingerprint density at radius 3 is 2.45 bits per heavy atom. The molecule has 1 N–H and O–H groups in total. The molecule has 3 fully saturated rings. The lowest BCUT2D eigenvalue weighted by atomic mass is 9.96. The van der Waals surface area contributed by atoms with E-state index in [2.05, 4.69) is 26.1 Å². The van der Waals surface area contributed by atoms with Crippen molar-refractivity contribution in [3.05, 3.63) is 34.9 Å². The van der Waals surface area contributed by atoms with Gasteiger partial charge in [-0.05, 0) is 69.4 Å². The van der Waals surface area contributed by atoms with Gasteiger partial charge in [-0.3, -0.25) is 19.5 Å². The topological polar surface area (TPSA) is 48.1 Å². The SMILES string of the molecule is O=C(CN1CCC(CN2CCOCC2)CC1)NC[C@@H](c1ccccc1Cl)N1CCCC1. The van der Waals surface area contributed by atoms with Crippen molar-refractivity contribution in [3.8, 4) is 0 Å². The average molecular weight is 449 g/mol. The van der Waals surface area contributed by atoms with Crippen LogP contribution in [0, 0.1) is 5.92 Å². The first-order valence-corrected chi connectivity index (χ1v) is 12.3. The molecule has 1 atom stereocenters. The number of carbonyl (C=O) groups is 1. The predicted octanol–water partition coefficient (Wildman–Crippen LogP) is 2.64. The predicted molar refractivity (Wildman–Crippen MR) is 124 cm³/mol. The molecule has 3 heterocycles. The van der Waals surface area contributed by atoms with Crippen molar-refractivity contribution in [1.29, 1.82) is 0 Å². The molecule has 4 rings (SSSR count). The molecule has 7 heteroatoms. The molecule has 0 bridgehead atoms. The van der Waals surface area contributed by atoms with Gasteiger partial charge in [0.2, 0.25) is 5.91 Å². The molecule has 0 saturated carbocycles. The standard InChI is InChI=1S/C24H37ClN4O2/c25-22-6-2-1-5-21(22)23(29-9-3-4-10-29)17-26-24(30)19-27-11-7-20(8-12-27)18-28-13-15-31-16-14-28/h1-2,5-6,20,23H,3-4,7-19H2,(H,26,30)/t23-/m0/s1. The Bertz CT molecular complexity index is 699. The van der Waals surface area contributed by atoms with Gasteiger partial charge in [-0.25, -0.2) is 0 Å². The molecule has 1 aromatic carbocycles. The number of ether oxygens (including phenoxy) is 1. The number of amides is 1. The number of nitrogens with one attached hydrogen (secondary N) is 1. The molecule has 0 aromatic heterocycles. The van der Waals surface area contributed by atoms with Crippen LogP contribution in [-0.2, 0) is 9.53 Å². The van der Waals surface area contributed by atoms with Gasteiger partial charge < -0.3 is 10.1 Å². The third kappa shape index (κ3) is 6.65. The molecule has 0 aliphatic carbocycles. The Morgan fingerprint density at radius 1 is 1.03 bits per heavy atom. The fraction of sp³-hybridized carbons (Fsp3) is 0.708. The Balaban J connectivity index is 1.22. The largest absolute Gasteiger partial charge is 0.379 e. The van der Waals surface area contributed by atoms with Gasteiger partial charge in [-0.1, -0.05) is 29.8 Å². The fourth-order valence-corrected chi connectivity index (χ4v) is 5.44. The van der Waals surface area contributed by atoms with Gasteiger partial charge >= 0.3 is 0 Å². The van der Waals surface area contributed by atoms with Crippen LogP contribution in [0.3, 0.4) is 0 Å². The van der Waals surface area contributed by atoms with Crippen molar-refractivity contribution in [2.75, 3.05) is 72.1 Å². The number of nitrogens with zero attached hydrogens (tertiary/aromatic N) is 3. The van der Waals surface area contributed by atoms with Crippen LogP contribution in [0.1, 0.15) is 37.3 Å². The van der Waals surface area contributed by atoms with Crippen molar-refractivity contribution < 1.29 is 9.53 Å². The van der Waals surface area contributed by atoms with E-state index in [1.807, 2.05) is 18.2 Å².